The van der Waals surface area contributed by atoms with Gasteiger partial charge in [0.15, 0.2) is 5.75 Å². The van der Waals surface area contributed by atoms with Crippen LogP contribution in [0, 0.1) is 21.4 Å². The van der Waals surface area contributed by atoms with Crippen molar-refractivity contribution in [2.45, 2.75) is 32.1 Å². The van der Waals surface area contributed by atoms with Crippen molar-refractivity contribution in [2.24, 2.45) is 11.3 Å². The van der Waals surface area contributed by atoms with Crippen molar-refractivity contribution < 1.29 is 19.2 Å². The predicted molar refractivity (Wildman–Crippen MR) is 92.9 cm³/mol. The molecule has 0 N–H and O–H groups in total. The fraction of sp³-hybridized carbons (Fsp3) is 0.611. The van der Waals surface area contributed by atoms with E-state index in [2.05, 4.69) is 4.90 Å². The van der Waals surface area contributed by atoms with E-state index < -0.39 is 4.92 Å². The lowest BCUT2D eigenvalue weighted by atomic mass is 9.76. The van der Waals surface area contributed by atoms with Crippen LogP contribution in [0.25, 0.3) is 0 Å². The fourth-order valence-electron chi connectivity index (χ4n) is 4.28. The number of anilines is 1. The maximum atomic E-state index is 11.8. The van der Waals surface area contributed by atoms with Crippen LogP contribution in [0.2, 0.25) is 0 Å². The molecule has 0 radical (unpaired) electrons. The Morgan fingerprint density at radius 1 is 1.28 bits per heavy atom. The van der Waals surface area contributed by atoms with E-state index >= 15 is 0 Å². The predicted octanol–water partition coefficient (Wildman–Crippen LogP) is 3.16. The molecule has 0 bridgehead atoms. The summed E-state index contributed by atoms with van der Waals surface area (Å²) in [6.45, 7) is 1.77. The van der Waals surface area contributed by atoms with Crippen LogP contribution >= 0.6 is 0 Å². The number of esters is 1. The van der Waals surface area contributed by atoms with Gasteiger partial charge in [0, 0.05) is 30.9 Å². The number of nitrogens with zero attached hydrogens (tertiary/aromatic N) is 2. The number of carbonyl (C=O) groups excluding carboxylic acids is 1. The summed E-state index contributed by atoms with van der Waals surface area (Å²) in [6.07, 6.45) is 4.96. The first kappa shape index (κ1) is 17.5. The summed E-state index contributed by atoms with van der Waals surface area (Å²) in [5.41, 5.74) is 1.16. The number of hydrogen-bond acceptors (Lipinski definition) is 6. The molecule has 1 atom stereocenters. The topological polar surface area (TPSA) is 81.9 Å². The standard InChI is InChI=1S/C18H24N2O5/c1-24-16-11-14(3-4-15(16)20(22)23)19-9-7-18(8-10-19)6-5-13(12-18)17(21)25-2/h3-4,11,13H,5-10,12H2,1-2H3. The largest absolute Gasteiger partial charge is 0.490 e. The van der Waals surface area contributed by atoms with Crippen LogP contribution in [0.5, 0.6) is 5.75 Å². The molecule has 1 heterocycles. The Morgan fingerprint density at radius 3 is 2.60 bits per heavy atom. The molecule has 1 unspecified atom stereocenters. The lowest BCUT2D eigenvalue weighted by molar-refractivity contribution is -0.385. The third kappa shape index (κ3) is 3.41. The Balaban J connectivity index is 1.67. The van der Waals surface area contributed by atoms with Crippen LogP contribution in [0.4, 0.5) is 11.4 Å². The molecule has 0 aromatic heterocycles. The van der Waals surface area contributed by atoms with Crippen LogP contribution in [-0.4, -0.2) is 38.2 Å². The van der Waals surface area contributed by atoms with Crippen molar-refractivity contribution in [3.63, 3.8) is 0 Å². The van der Waals surface area contributed by atoms with Gasteiger partial charge in [-0.1, -0.05) is 0 Å². The summed E-state index contributed by atoms with van der Waals surface area (Å²) < 4.78 is 10.1. The first-order chi connectivity index (χ1) is 12.0. The van der Waals surface area contributed by atoms with Gasteiger partial charge in [-0.15, -0.1) is 0 Å². The van der Waals surface area contributed by atoms with Crippen LogP contribution < -0.4 is 9.64 Å². The summed E-state index contributed by atoms with van der Waals surface area (Å²) in [6, 6.07) is 5.02. The highest BCUT2D eigenvalue weighted by Crippen LogP contribution is 2.49. The first-order valence-corrected chi connectivity index (χ1v) is 8.63. The van der Waals surface area contributed by atoms with Gasteiger partial charge in [-0.2, -0.15) is 0 Å². The smallest absolute Gasteiger partial charge is 0.311 e. The number of piperidine rings is 1. The third-order valence-corrected chi connectivity index (χ3v) is 5.79. The average Bonchev–Trinajstić information content (AvgIpc) is 3.04. The van der Waals surface area contributed by atoms with E-state index in [1.54, 1.807) is 12.1 Å². The van der Waals surface area contributed by atoms with E-state index in [0.717, 1.165) is 50.9 Å². The second-order valence-electron chi connectivity index (χ2n) is 7.06. The lowest BCUT2D eigenvalue weighted by Gasteiger charge is -2.40. The van der Waals surface area contributed by atoms with Gasteiger partial charge >= 0.3 is 11.7 Å². The fourth-order valence-corrected chi connectivity index (χ4v) is 4.28. The molecule has 1 saturated carbocycles. The molecule has 0 amide bonds. The van der Waals surface area contributed by atoms with Gasteiger partial charge in [0.2, 0.25) is 0 Å². The van der Waals surface area contributed by atoms with Crippen molar-refractivity contribution in [3.8, 4) is 5.75 Å². The minimum absolute atomic E-state index is 0.0172. The summed E-state index contributed by atoms with van der Waals surface area (Å²) in [5.74, 6) is 0.241. The average molecular weight is 348 g/mol. The van der Waals surface area contributed by atoms with E-state index in [-0.39, 0.29) is 28.7 Å². The summed E-state index contributed by atoms with van der Waals surface area (Å²) in [5, 5.41) is 11.0. The van der Waals surface area contributed by atoms with Crippen molar-refractivity contribution >= 4 is 17.3 Å². The molecular formula is C18H24N2O5. The quantitative estimate of drug-likeness (QED) is 0.472. The van der Waals surface area contributed by atoms with Crippen molar-refractivity contribution in [3.05, 3.63) is 28.3 Å². The minimum atomic E-state index is -0.431. The van der Waals surface area contributed by atoms with Crippen LogP contribution in [-0.2, 0) is 9.53 Å². The molecule has 1 saturated heterocycles. The monoisotopic (exact) mass is 348 g/mol. The number of ether oxygens (including phenoxy) is 2. The van der Waals surface area contributed by atoms with Crippen molar-refractivity contribution in [1.29, 1.82) is 0 Å². The Labute approximate surface area is 147 Å². The van der Waals surface area contributed by atoms with Gasteiger partial charge < -0.3 is 14.4 Å². The van der Waals surface area contributed by atoms with Crippen LogP contribution in [0.1, 0.15) is 32.1 Å². The van der Waals surface area contributed by atoms with Gasteiger partial charge in [0.05, 0.1) is 25.1 Å². The number of methoxy groups -OCH3 is 2. The molecule has 1 aliphatic heterocycles. The van der Waals surface area contributed by atoms with E-state index in [1.807, 2.05) is 0 Å². The zero-order valence-corrected chi connectivity index (χ0v) is 14.7. The highest BCUT2D eigenvalue weighted by molar-refractivity contribution is 5.72. The lowest BCUT2D eigenvalue weighted by Crippen LogP contribution is -2.39. The zero-order chi connectivity index (χ0) is 18.0. The maximum absolute atomic E-state index is 11.8. The number of hydrogen-bond donors (Lipinski definition) is 0. The van der Waals surface area contributed by atoms with E-state index in [0.29, 0.717) is 0 Å². The van der Waals surface area contributed by atoms with Crippen LogP contribution in [0.3, 0.4) is 0 Å². The number of carbonyl (C=O) groups is 1. The molecule has 2 aliphatic rings. The van der Waals surface area contributed by atoms with E-state index in [4.69, 9.17) is 9.47 Å². The molecule has 7 nitrogen and oxygen atoms in total. The Hall–Kier alpha value is -2.31. The van der Waals surface area contributed by atoms with E-state index in [9.17, 15) is 14.9 Å². The Morgan fingerprint density at radius 2 is 2.00 bits per heavy atom. The van der Waals surface area contributed by atoms with Gasteiger partial charge in [0.1, 0.15) is 0 Å². The molecule has 1 aromatic rings. The molecule has 7 heteroatoms. The molecule has 2 fully saturated rings. The Kier molecular flexibility index (Phi) is 4.83. The molecular weight excluding hydrogens is 324 g/mol. The van der Waals surface area contributed by atoms with Gasteiger partial charge in [0.25, 0.3) is 0 Å². The van der Waals surface area contributed by atoms with Gasteiger partial charge in [-0.3, -0.25) is 14.9 Å². The molecule has 25 heavy (non-hydrogen) atoms. The summed E-state index contributed by atoms with van der Waals surface area (Å²) in [7, 11) is 2.90. The molecule has 1 aliphatic carbocycles. The molecule has 1 spiro atoms. The highest BCUT2D eigenvalue weighted by atomic mass is 16.6. The third-order valence-electron chi connectivity index (χ3n) is 5.79. The summed E-state index contributed by atoms with van der Waals surface area (Å²) >= 11 is 0. The number of rotatable bonds is 4. The van der Waals surface area contributed by atoms with Crippen molar-refractivity contribution in [1.82, 2.24) is 0 Å². The van der Waals surface area contributed by atoms with Crippen molar-refractivity contribution in [2.75, 3.05) is 32.2 Å². The molecule has 1 aromatic carbocycles. The molecule has 136 valence electrons. The second-order valence-corrected chi connectivity index (χ2v) is 7.06. The first-order valence-electron chi connectivity index (χ1n) is 8.63. The number of nitro benzene ring substituents is 1. The van der Waals surface area contributed by atoms with Crippen LogP contribution in [0.15, 0.2) is 18.2 Å². The molecule has 3 rings (SSSR count). The SMILES string of the molecule is COC(=O)C1CCC2(CCN(c3ccc([N+](=O)[O-])c(OC)c3)CC2)C1. The minimum Gasteiger partial charge on any atom is -0.490 e. The van der Waals surface area contributed by atoms with Gasteiger partial charge in [-0.25, -0.2) is 0 Å². The number of benzene rings is 1. The van der Waals surface area contributed by atoms with Gasteiger partial charge in [-0.05, 0) is 43.6 Å². The van der Waals surface area contributed by atoms with E-state index in [1.165, 1.54) is 20.3 Å². The normalized spacial score (nSPS) is 22.0. The summed E-state index contributed by atoms with van der Waals surface area (Å²) in [4.78, 5) is 24.6. The second kappa shape index (κ2) is 6.90. The number of nitro groups is 1. The Bertz CT molecular complexity index is 667. The highest BCUT2D eigenvalue weighted by Gasteiger charge is 2.44. The maximum Gasteiger partial charge on any atom is 0.311 e. The zero-order valence-electron chi connectivity index (χ0n) is 14.7.